The van der Waals surface area contributed by atoms with Crippen LogP contribution in [0.3, 0.4) is 0 Å². The summed E-state index contributed by atoms with van der Waals surface area (Å²) in [6, 6.07) is 0.781. The molecule has 1 N–H and O–H groups in total. The molecule has 0 aromatic carbocycles. The highest BCUT2D eigenvalue weighted by Gasteiger charge is 2.25. The molecule has 2 rings (SSSR count). The van der Waals surface area contributed by atoms with E-state index in [1.54, 1.807) is 0 Å². The second-order valence-corrected chi connectivity index (χ2v) is 5.90. The van der Waals surface area contributed by atoms with E-state index in [0.717, 1.165) is 18.6 Å². The predicted molar refractivity (Wildman–Crippen MR) is 72.2 cm³/mol. The van der Waals surface area contributed by atoms with Crippen molar-refractivity contribution in [3.63, 3.8) is 0 Å². The van der Waals surface area contributed by atoms with Crippen molar-refractivity contribution < 1.29 is 4.74 Å². The quantitative estimate of drug-likeness (QED) is 0.665. The van der Waals surface area contributed by atoms with Crippen molar-refractivity contribution in [2.24, 2.45) is 5.92 Å². The monoisotopic (exact) mass is 239 g/mol. The fraction of sp³-hybridized carbons (Fsp3) is 1.00. The summed E-state index contributed by atoms with van der Waals surface area (Å²) in [4.78, 5) is 0. The predicted octanol–water partition coefficient (Wildman–Crippen LogP) is 3.50. The Hall–Kier alpha value is -0.0800. The second-order valence-electron chi connectivity index (χ2n) is 5.90. The van der Waals surface area contributed by atoms with Crippen LogP contribution in [0.5, 0.6) is 0 Å². The van der Waals surface area contributed by atoms with Crippen LogP contribution < -0.4 is 5.32 Å². The van der Waals surface area contributed by atoms with Gasteiger partial charge in [-0.1, -0.05) is 19.8 Å². The smallest absolute Gasteiger partial charge is 0.0576 e. The minimum atomic E-state index is 0.586. The first-order valence-electron chi connectivity index (χ1n) is 7.73. The van der Waals surface area contributed by atoms with Crippen LogP contribution in [0.15, 0.2) is 0 Å². The van der Waals surface area contributed by atoms with Gasteiger partial charge in [0.2, 0.25) is 0 Å². The van der Waals surface area contributed by atoms with Crippen LogP contribution in [0.1, 0.15) is 64.7 Å². The highest BCUT2D eigenvalue weighted by molar-refractivity contribution is 4.80. The molecule has 1 saturated heterocycles. The van der Waals surface area contributed by atoms with Gasteiger partial charge in [-0.3, -0.25) is 0 Å². The van der Waals surface area contributed by atoms with Gasteiger partial charge in [0.1, 0.15) is 0 Å². The molecular weight excluding hydrogens is 210 g/mol. The Kier molecular flexibility index (Phi) is 5.79. The van der Waals surface area contributed by atoms with Crippen molar-refractivity contribution in [3.05, 3.63) is 0 Å². The van der Waals surface area contributed by atoms with E-state index in [-0.39, 0.29) is 0 Å². The molecule has 1 aliphatic carbocycles. The minimum Gasteiger partial charge on any atom is -0.378 e. The van der Waals surface area contributed by atoms with E-state index >= 15 is 0 Å². The van der Waals surface area contributed by atoms with Gasteiger partial charge < -0.3 is 10.1 Å². The number of rotatable bonds is 9. The summed E-state index contributed by atoms with van der Waals surface area (Å²) in [6.07, 6.45) is 12.8. The Morgan fingerprint density at radius 3 is 2.82 bits per heavy atom. The molecule has 2 atom stereocenters. The summed E-state index contributed by atoms with van der Waals surface area (Å²) in [5.41, 5.74) is 0. The third-order valence-corrected chi connectivity index (χ3v) is 4.10. The number of ether oxygens (including phenoxy) is 1. The molecule has 2 heteroatoms. The maximum Gasteiger partial charge on any atom is 0.0576 e. The van der Waals surface area contributed by atoms with Crippen LogP contribution in [-0.2, 0) is 4.74 Å². The first kappa shape index (κ1) is 13.4. The first-order chi connectivity index (χ1) is 8.38. The molecule has 0 radical (unpaired) electrons. The van der Waals surface area contributed by atoms with Gasteiger partial charge in [0, 0.05) is 12.6 Å². The van der Waals surface area contributed by atoms with E-state index in [0.29, 0.717) is 6.10 Å². The molecule has 2 aliphatic rings. The molecule has 0 amide bonds. The van der Waals surface area contributed by atoms with Gasteiger partial charge in [-0.05, 0) is 57.4 Å². The summed E-state index contributed by atoms with van der Waals surface area (Å²) in [5, 5.41) is 3.73. The lowest BCUT2D eigenvalue weighted by Crippen LogP contribution is -2.30. The lowest BCUT2D eigenvalue weighted by Gasteiger charge is -2.19. The van der Waals surface area contributed by atoms with Gasteiger partial charge in [-0.25, -0.2) is 0 Å². The van der Waals surface area contributed by atoms with Crippen molar-refractivity contribution >= 4 is 0 Å². The lowest BCUT2D eigenvalue weighted by atomic mass is 10.0. The highest BCUT2D eigenvalue weighted by Crippen LogP contribution is 2.34. The Morgan fingerprint density at radius 2 is 2.18 bits per heavy atom. The largest absolute Gasteiger partial charge is 0.378 e. The molecule has 0 aromatic rings. The molecule has 0 bridgehead atoms. The van der Waals surface area contributed by atoms with Crippen LogP contribution in [0.2, 0.25) is 0 Å². The van der Waals surface area contributed by atoms with Crippen LogP contribution >= 0.6 is 0 Å². The zero-order valence-electron chi connectivity index (χ0n) is 11.4. The maximum absolute atomic E-state index is 5.69. The van der Waals surface area contributed by atoms with E-state index in [4.69, 9.17) is 4.74 Å². The Morgan fingerprint density at radius 1 is 1.29 bits per heavy atom. The van der Waals surface area contributed by atoms with Crippen molar-refractivity contribution in [2.45, 2.75) is 76.9 Å². The zero-order valence-corrected chi connectivity index (χ0v) is 11.4. The molecule has 1 heterocycles. The van der Waals surface area contributed by atoms with Gasteiger partial charge in [-0.2, -0.15) is 0 Å². The topological polar surface area (TPSA) is 21.3 Å². The maximum atomic E-state index is 5.69. The molecule has 1 saturated carbocycles. The third-order valence-electron chi connectivity index (χ3n) is 4.10. The SMILES string of the molecule is CCCNC(CCCC1CCCO1)CC1CC1. The first-order valence-corrected chi connectivity index (χ1v) is 7.73. The van der Waals surface area contributed by atoms with Crippen molar-refractivity contribution in [3.8, 4) is 0 Å². The zero-order chi connectivity index (χ0) is 11.9. The molecule has 2 unspecified atom stereocenters. The van der Waals surface area contributed by atoms with E-state index in [2.05, 4.69) is 12.2 Å². The van der Waals surface area contributed by atoms with Crippen LogP contribution in [-0.4, -0.2) is 25.3 Å². The number of hydrogen-bond donors (Lipinski definition) is 1. The van der Waals surface area contributed by atoms with Crippen molar-refractivity contribution in [1.82, 2.24) is 5.32 Å². The Balaban J connectivity index is 1.57. The number of hydrogen-bond acceptors (Lipinski definition) is 2. The Bertz CT molecular complexity index is 197. The molecule has 0 aromatic heterocycles. The van der Waals surface area contributed by atoms with E-state index < -0.39 is 0 Å². The van der Waals surface area contributed by atoms with Gasteiger partial charge >= 0.3 is 0 Å². The second kappa shape index (κ2) is 7.38. The molecule has 17 heavy (non-hydrogen) atoms. The van der Waals surface area contributed by atoms with E-state index in [1.807, 2.05) is 0 Å². The minimum absolute atomic E-state index is 0.586. The average Bonchev–Trinajstić information content (AvgIpc) is 2.99. The molecular formula is C15H29NO. The van der Waals surface area contributed by atoms with Gasteiger partial charge in [0.15, 0.2) is 0 Å². The van der Waals surface area contributed by atoms with Crippen LogP contribution in [0.25, 0.3) is 0 Å². The highest BCUT2D eigenvalue weighted by atomic mass is 16.5. The molecule has 100 valence electrons. The lowest BCUT2D eigenvalue weighted by molar-refractivity contribution is 0.101. The normalized spacial score (nSPS) is 26.3. The molecule has 1 aliphatic heterocycles. The molecule has 2 fully saturated rings. The van der Waals surface area contributed by atoms with Crippen LogP contribution in [0, 0.1) is 5.92 Å². The van der Waals surface area contributed by atoms with Crippen molar-refractivity contribution in [2.75, 3.05) is 13.2 Å². The summed E-state index contributed by atoms with van der Waals surface area (Å²) in [6.45, 7) is 4.45. The van der Waals surface area contributed by atoms with E-state index in [1.165, 1.54) is 64.3 Å². The molecule has 2 nitrogen and oxygen atoms in total. The van der Waals surface area contributed by atoms with E-state index in [9.17, 15) is 0 Å². The van der Waals surface area contributed by atoms with Crippen molar-refractivity contribution in [1.29, 1.82) is 0 Å². The van der Waals surface area contributed by atoms with Gasteiger partial charge in [-0.15, -0.1) is 0 Å². The standard InChI is InChI=1S/C15H29NO/c1-2-10-16-14(12-13-8-9-13)5-3-6-15-7-4-11-17-15/h13-16H,2-12H2,1H3. The van der Waals surface area contributed by atoms with Gasteiger partial charge in [0.25, 0.3) is 0 Å². The fourth-order valence-corrected chi connectivity index (χ4v) is 2.87. The fourth-order valence-electron chi connectivity index (χ4n) is 2.87. The number of nitrogens with one attached hydrogen (secondary N) is 1. The summed E-state index contributed by atoms with van der Waals surface area (Å²) < 4.78 is 5.69. The Labute approximate surface area is 107 Å². The third kappa shape index (κ3) is 5.39. The summed E-state index contributed by atoms with van der Waals surface area (Å²) in [7, 11) is 0. The average molecular weight is 239 g/mol. The summed E-state index contributed by atoms with van der Waals surface area (Å²) in [5.74, 6) is 1.05. The van der Waals surface area contributed by atoms with Gasteiger partial charge in [0.05, 0.1) is 6.10 Å². The van der Waals surface area contributed by atoms with Crippen LogP contribution in [0.4, 0.5) is 0 Å². The molecule has 0 spiro atoms. The summed E-state index contributed by atoms with van der Waals surface area (Å²) >= 11 is 0.